The van der Waals surface area contributed by atoms with Crippen molar-refractivity contribution < 1.29 is 9.59 Å². The Labute approximate surface area is 163 Å². The van der Waals surface area contributed by atoms with Crippen LogP contribution in [0.3, 0.4) is 0 Å². The van der Waals surface area contributed by atoms with Gasteiger partial charge in [-0.25, -0.2) is 0 Å². The topological polar surface area (TPSA) is 43.9 Å². The third-order valence-electron chi connectivity index (χ3n) is 5.76. The van der Waals surface area contributed by atoms with Gasteiger partial charge < -0.3 is 9.80 Å². The van der Waals surface area contributed by atoms with Crippen LogP contribution in [0.25, 0.3) is 0 Å². The van der Waals surface area contributed by atoms with Crippen molar-refractivity contribution in [2.45, 2.75) is 46.1 Å². The summed E-state index contributed by atoms with van der Waals surface area (Å²) in [4.78, 5) is 31.5. The molecular weight excluding hydrogens is 338 g/mol. The first-order valence-corrected chi connectivity index (χ1v) is 10.4. The number of nitrogens with zero attached hydrogens (tertiary/aromatic N) is 3. The van der Waals surface area contributed by atoms with Crippen molar-refractivity contribution in [3.8, 4) is 0 Å². The first-order chi connectivity index (χ1) is 13.1. The molecule has 1 aromatic carbocycles. The number of hydrogen-bond donors (Lipinski definition) is 0. The van der Waals surface area contributed by atoms with Crippen LogP contribution in [-0.4, -0.2) is 65.8 Å². The van der Waals surface area contributed by atoms with Gasteiger partial charge in [0.1, 0.15) is 0 Å². The Kier molecular flexibility index (Phi) is 6.89. The number of piperazine rings is 1. The maximum atomic E-state index is 13.0. The molecule has 2 aliphatic rings. The lowest BCUT2D eigenvalue weighted by Gasteiger charge is -2.39. The fourth-order valence-corrected chi connectivity index (χ4v) is 4.23. The predicted octanol–water partition coefficient (Wildman–Crippen LogP) is 2.68. The molecule has 0 N–H and O–H groups in total. The van der Waals surface area contributed by atoms with Gasteiger partial charge in [-0.3, -0.25) is 14.5 Å². The normalized spacial score (nSPS) is 21.3. The highest BCUT2D eigenvalue weighted by atomic mass is 16.2. The van der Waals surface area contributed by atoms with E-state index >= 15 is 0 Å². The Morgan fingerprint density at radius 3 is 2.56 bits per heavy atom. The Bertz CT molecular complexity index is 653. The molecule has 1 aromatic rings. The molecule has 2 heterocycles. The third-order valence-corrected chi connectivity index (χ3v) is 5.76. The SMILES string of the molecule is CCCC(=O)N1CCCC(C(=O)N2CCN(Cc3cccc(C)c3)CC2)C1. The molecule has 2 aliphatic heterocycles. The Balaban J connectivity index is 1.48. The van der Waals surface area contributed by atoms with E-state index in [-0.39, 0.29) is 17.7 Å². The van der Waals surface area contributed by atoms with Crippen LogP contribution in [-0.2, 0) is 16.1 Å². The van der Waals surface area contributed by atoms with Crippen LogP contribution in [0.15, 0.2) is 24.3 Å². The van der Waals surface area contributed by atoms with Crippen LogP contribution in [0.5, 0.6) is 0 Å². The maximum absolute atomic E-state index is 13.0. The average Bonchev–Trinajstić information content (AvgIpc) is 2.68. The molecular formula is C22H33N3O2. The Morgan fingerprint density at radius 1 is 1.07 bits per heavy atom. The van der Waals surface area contributed by atoms with Crippen LogP contribution in [0.1, 0.15) is 43.7 Å². The summed E-state index contributed by atoms with van der Waals surface area (Å²) in [7, 11) is 0. The lowest BCUT2D eigenvalue weighted by atomic mass is 9.95. The number of rotatable bonds is 5. The molecule has 0 saturated carbocycles. The molecule has 1 unspecified atom stereocenters. The predicted molar refractivity (Wildman–Crippen MR) is 107 cm³/mol. The quantitative estimate of drug-likeness (QED) is 0.799. The summed E-state index contributed by atoms with van der Waals surface area (Å²) >= 11 is 0. The molecule has 0 aliphatic carbocycles. The van der Waals surface area contributed by atoms with Crippen LogP contribution >= 0.6 is 0 Å². The molecule has 0 bridgehead atoms. The van der Waals surface area contributed by atoms with Gasteiger partial charge in [-0.2, -0.15) is 0 Å². The highest BCUT2D eigenvalue weighted by Gasteiger charge is 2.32. The summed E-state index contributed by atoms with van der Waals surface area (Å²) in [5.74, 6) is 0.444. The zero-order valence-electron chi connectivity index (χ0n) is 16.8. The largest absolute Gasteiger partial charge is 0.342 e. The van der Waals surface area contributed by atoms with Crippen molar-refractivity contribution in [2.75, 3.05) is 39.3 Å². The molecule has 2 saturated heterocycles. The summed E-state index contributed by atoms with van der Waals surface area (Å²) in [5.41, 5.74) is 2.63. The average molecular weight is 372 g/mol. The monoisotopic (exact) mass is 371 g/mol. The molecule has 27 heavy (non-hydrogen) atoms. The number of piperidine rings is 1. The van der Waals surface area contributed by atoms with Gasteiger partial charge in [0.05, 0.1) is 5.92 Å². The summed E-state index contributed by atoms with van der Waals surface area (Å²) in [6, 6.07) is 8.65. The van der Waals surface area contributed by atoms with E-state index < -0.39 is 0 Å². The van der Waals surface area contributed by atoms with E-state index in [1.807, 2.05) is 16.7 Å². The number of hydrogen-bond acceptors (Lipinski definition) is 3. The minimum absolute atomic E-state index is 0.0112. The van der Waals surface area contributed by atoms with Crippen molar-refractivity contribution in [1.29, 1.82) is 0 Å². The number of amides is 2. The van der Waals surface area contributed by atoms with Gasteiger partial charge >= 0.3 is 0 Å². The van der Waals surface area contributed by atoms with E-state index in [1.165, 1.54) is 11.1 Å². The first-order valence-electron chi connectivity index (χ1n) is 10.4. The number of benzene rings is 1. The zero-order valence-corrected chi connectivity index (χ0v) is 16.8. The molecule has 1 atom stereocenters. The van der Waals surface area contributed by atoms with Crippen LogP contribution in [0, 0.1) is 12.8 Å². The molecule has 0 spiro atoms. The molecule has 2 amide bonds. The summed E-state index contributed by atoms with van der Waals surface area (Å²) in [6.45, 7) is 9.96. The summed E-state index contributed by atoms with van der Waals surface area (Å²) in [6.07, 6.45) is 3.33. The van der Waals surface area contributed by atoms with Crippen molar-refractivity contribution in [3.05, 3.63) is 35.4 Å². The second-order valence-electron chi connectivity index (χ2n) is 8.02. The van der Waals surface area contributed by atoms with E-state index in [9.17, 15) is 9.59 Å². The zero-order chi connectivity index (χ0) is 19.2. The number of carbonyl (C=O) groups is 2. The van der Waals surface area contributed by atoms with E-state index in [1.54, 1.807) is 0 Å². The smallest absolute Gasteiger partial charge is 0.227 e. The van der Waals surface area contributed by atoms with Gasteiger partial charge in [-0.15, -0.1) is 0 Å². The third kappa shape index (κ3) is 5.32. The Hall–Kier alpha value is -1.88. The van der Waals surface area contributed by atoms with Gasteiger partial charge in [0, 0.05) is 52.2 Å². The summed E-state index contributed by atoms with van der Waals surface area (Å²) < 4.78 is 0. The van der Waals surface area contributed by atoms with Crippen LogP contribution in [0.2, 0.25) is 0 Å². The Morgan fingerprint density at radius 2 is 1.85 bits per heavy atom. The number of likely N-dealkylation sites (tertiary alicyclic amines) is 1. The minimum Gasteiger partial charge on any atom is -0.342 e. The molecule has 148 valence electrons. The van der Waals surface area contributed by atoms with E-state index in [4.69, 9.17) is 0 Å². The minimum atomic E-state index is -0.0112. The van der Waals surface area contributed by atoms with E-state index in [2.05, 4.69) is 36.1 Å². The maximum Gasteiger partial charge on any atom is 0.227 e. The molecule has 5 heteroatoms. The molecule has 0 aromatic heterocycles. The number of carbonyl (C=O) groups excluding carboxylic acids is 2. The standard InChI is InChI=1S/C22H33N3O2/c1-3-6-21(26)25-10-5-9-20(17-25)22(27)24-13-11-23(12-14-24)16-19-8-4-7-18(2)15-19/h4,7-8,15,20H,3,5-6,9-14,16-17H2,1-2H3. The lowest BCUT2D eigenvalue weighted by Crippen LogP contribution is -2.52. The molecule has 2 fully saturated rings. The molecule has 0 radical (unpaired) electrons. The molecule has 5 nitrogen and oxygen atoms in total. The molecule has 3 rings (SSSR count). The van der Waals surface area contributed by atoms with E-state index in [0.29, 0.717) is 13.0 Å². The van der Waals surface area contributed by atoms with Gasteiger partial charge in [0.15, 0.2) is 0 Å². The van der Waals surface area contributed by atoms with Gasteiger partial charge in [0.25, 0.3) is 0 Å². The van der Waals surface area contributed by atoms with Crippen molar-refractivity contribution in [3.63, 3.8) is 0 Å². The highest BCUT2D eigenvalue weighted by Crippen LogP contribution is 2.21. The van der Waals surface area contributed by atoms with Crippen molar-refractivity contribution in [2.24, 2.45) is 5.92 Å². The van der Waals surface area contributed by atoms with Crippen molar-refractivity contribution >= 4 is 11.8 Å². The lowest BCUT2D eigenvalue weighted by molar-refractivity contribution is -0.142. The van der Waals surface area contributed by atoms with E-state index in [0.717, 1.165) is 58.5 Å². The fraction of sp³-hybridized carbons (Fsp3) is 0.636. The highest BCUT2D eigenvalue weighted by molar-refractivity contribution is 5.81. The van der Waals surface area contributed by atoms with Crippen LogP contribution < -0.4 is 0 Å². The van der Waals surface area contributed by atoms with Gasteiger partial charge in [-0.05, 0) is 31.7 Å². The second kappa shape index (κ2) is 9.36. The second-order valence-corrected chi connectivity index (χ2v) is 8.02. The van der Waals surface area contributed by atoms with Crippen LogP contribution in [0.4, 0.5) is 0 Å². The fourth-order valence-electron chi connectivity index (χ4n) is 4.23. The van der Waals surface area contributed by atoms with Gasteiger partial charge in [-0.1, -0.05) is 36.8 Å². The summed E-state index contributed by atoms with van der Waals surface area (Å²) in [5, 5.41) is 0. The van der Waals surface area contributed by atoms with Crippen molar-refractivity contribution in [1.82, 2.24) is 14.7 Å². The number of aryl methyl sites for hydroxylation is 1. The van der Waals surface area contributed by atoms with Gasteiger partial charge in [0.2, 0.25) is 11.8 Å². The first kappa shape index (κ1) is 19.9.